The van der Waals surface area contributed by atoms with E-state index in [0.717, 1.165) is 13.0 Å². The van der Waals surface area contributed by atoms with Crippen LogP contribution in [0.2, 0.25) is 5.02 Å². The summed E-state index contributed by atoms with van der Waals surface area (Å²) < 4.78 is 27.1. The van der Waals surface area contributed by atoms with E-state index < -0.39 is 10.0 Å². The van der Waals surface area contributed by atoms with Crippen molar-refractivity contribution < 1.29 is 8.42 Å². The highest BCUT2D eigenvalue weighted by Gasteiger charge is 2.20. The predicted octanol–water partition coefficient (Wildman–Crippen LogP) is 2.80. The van der Waals surface area contributed by atoms with Crippen LogP contribution in [0.15, 0.2) is 27.6 Å². The third kappa shape index (κ3) is 5.97. The Balaban J connectivity index is 0.00000324. The van der Waals surface area contributed by atoms with Gasteiger partial charge in [0.25, 0.3) is 0 Å². The van der Waals surface area contributed by atoms with Crippen LogP contribution in [0.3, 0.4) is 0 Å². The van der Waals surface area contributed by atoms with Gasteiger partial charge >= 0.3 is 0 Å². The molecule has 110 valence electrons. The Kier molecular flexibility index (Phi) is 9.23. The second-order valence-electron chi connectivity index (χ2n) is 3.70. The molecular formula is C11H17BrCl2N2O2S. The van der Waals surface area contributed by atoms with Crippen LogP contribution < -0.4 is 10.0 Å². The first-order chi connectivity index (χ1) is 8.49. The minimum atomic E-state index is -3.58. The molecule has 0 unspecified atom stereocenters. The van der Waals surface area contributed by atoms with Crippen LogP contribution in [-0.4, -0.2) is 28.1 Å². The van der Waals surface area contributed by atoms with E-state index in [-0.39, 0.29) is 22.3 Å². The van der Waals surface area contributed by atoms with E-state index in [1.165, 1.54) is 0 Å². The van der Waals surface area contributed by atoms with Crippen molar-refractivity contribution in [3.63, 3.8) is 0 Å². The maximum Gasteiger partial charge on any atom is 0.243 e. The molecule has 0 fully saturated rings. The monoisotopic (exact) mass is 390 g/mol. The van der Waals surface area contributed by atoms with E-state index in [4.69, 9.17) is 11.6 Å². The predicted molar refractivity (Wildman–Crippen MR) is 84.7 cm³/mol. The third-order valence-corrected chi connectivity index (χ3v) is 5.12. The number of nitrogens with one attached hydrogen (secondary N) is 2. The number of halogens is 3. The highest BCUT2D eigenvalue weighted by Crippen LogP contribution is 2.28. The average molecular weight is 392 g/mol. The summed E-state index contributed by atoms with van der Waals surface area (Å²) in [6.45, 7) is 3.85. The minimum absolute atomic E-state index is 0. The molecule has 1 aromatic rings. The van der Waals surface area contributed by atoms with Gasteiger partial charge in [0.05, 0.1) is 5.02 Å². The van der Waals surface area contributed by atoms with E-state index in [1.807, 2.05) is 0 Å². The molecule has 19 heavy (non-hydrogen) atoms. The van der Waals surface area contributed by atoms with Gasteiger partial charge in [0, 0.05) is 17.6 Å². The lowest BCUT2D eigenvalue weighted by molar-refractivity contribution is 0.575. The van der Waals surface area contributed by atoms with Gasteiger partial charge in [-0.05, 0) is 41.0 Å². The maximum atomic E-state index is 12.1. The second-order valence-corrected chi connectivity index (χ2v) is 6.66. The molecule has 0 atom stereocenters. The molecule has 0 heterocycles. The highest BCUT2D eigenvalue weighted by atomic mass is 79.9. The molecule has 8 heteroatoms. The Bertz CT molecular complexity index is 477. The molecule has 0 amide bonds. The van der Waals surface area contributed by atoms with Crippen molar-refractivity contribution in [3.8, 4) is 0 Å². The van der Waals surface area contributed by atoms with E-state index >= 15 is 0 Å². The van der Waals surface area contributed by atoms with Crippen molar-refractivity contribution in [2.24, 2.45) is 0 Å². The Hall–Kier alpha value is 0.150. The summed E-state index contributed by atoms with van der Waals surface area (Å²) in [4.78, 5) is 0.0853. The molecule has 0 aliphatic heterocycles. The van der Waals surface area contributed by atoms with Crippen molar-refractivity contribution in [3.05, 3.63) is 27.7 Å². The summed E-state index contributed by atoms with van der Waals surface area (Å²) in [7, 11) is -3.58. The number of sulfonamides is 1. The molecule has 2 N–H and O–H groups in total. The zero-order valence-electron chi connectivity index (χ0n) is 10.4. The fraction of sp³-hybridized carbons (Fsp3) is 0.455. The Morgan fingerprint density at radius 3 is 2.53 bits per heavy atom. The first kappa shape index (κ1) is 19.1. The van der Waals surface area contributed by atoms with Gasteiger partial charge in [-0.25, -0.2) is 13.1 Å². The lowest BCUT2D eigenvalue weighted by atomic mass is 10.4. The molecule has 0 aliphatic carbocycles. The van der Waals surface area contributed by atoms with Crippen molar-refractivity contribution in [2.75, 3.05) is 19.6 Å². The zero-order valence-corrected chi connectivity index (χ0v) is 14.4. The van der Waals surface area contributed by atoms with Gasteiger partial charge < -0.3 is 5.32 Å². The topological polar surface area (TPSA) is 58.2 Å². The van der Waals surface area contributed by atoms with Gasteiger partial charge in [-0.1, -0.05) is 24.6 Å². The number of rotatable bonds is 7. The molecule has 0 aliphatic rings. The van der Waals surface area contributed by atoms with Crippen molar-refractivity contribution in [1.82, 2.24) is 10.0 Å². The third-order valence-electron chi connectivity index (χ3n) is 2.21. The summed E-state index contributed by atoms with van der Waals surface area (Å²) in [5.74, 6) is 0. The number of benzene rings is 1. The smallest absolute Gasteiger partial charge is 0.243 e. The molecule has 0 aromatic heterocycles. The molecule has 1 aromatic carbocycles. The summed E-state index contributed by atoms with van der Waals surface area (Å²) in [5, 5.41) is 3.32. The van der Waals surface area contributed by atoms with Crippen LogP contribution in [0.25, 0.3) is 0 Å². The maximum absolute atomic E-state index is 12.1. The van der Waals surface area contributed by atoms with Crippen molar-refractivity contribution in [2.45, 2.75) is 18.2 Å². The molecular weight excluding hydrogens is 375 g/mol. The number of hydrogen-bond acceptors (Lipinski definition) is 3. The summed E-state index contributed by atoms with van der Waals surface area (Å²) >= 11 is 9.11. The molecule has 0 spiro atoms. The highest BCUT2D eigenvalue weighted by molar-refractivity contribution is 9.10. The van der Waals surface area contributed by atoms with Gasteiger partial charge in [-0.3, -0.25) is 0 Å². The number of hydrogen-bond donors (Lipinski definition) is 2. The first-order valence-corrected chi connectivity index (χ1v) is 8.29. The summed E-state index contributed by atoms with van der Waals surface area (Å²) in [5.41, 5.74) is 0. The van der Waals surface area contributed by atoms with Gasteiger partial charge in [0.15, 0.2) is 0 Å². The SMILES string of the molecule is CCCNCCNS(=O)(=O)c1c(Cl)cccc1Br.Cl. The summed E-state index contributed by atoms with van der Waals surface area (Å²) in [6.07, 6.45) is 1.02. The lowest BCUT2D eigenvalue weighted by Gasteiger charge is -2.10. The molecule has 0 bridgehead atoms. The van der Waals surface area contributed by atoms with Crippen LogP contribution in [0.4, 0.5) is 0 Å². The van der Waals surface area contributed by atoms with Crippen LogP contribution in [0.5, 0.6) is 0 Å². The van der Waals surface area contributed by atoms with Crippen molar-refractivity contribution in [1.29, 1.82) is 0 Å². The molecule has 0 radical (unpaired) electrons. The standard InChI is InChI=1S/C11H16BrClN2O2S.ClH/c1-2-6-14-7-8-15-18(16,17)11-9(12)4-3-5-10(11)13;/h3-5,14-15H,2,6-8H2,1H3;1H. The van der Waals surface area contributed by atoms with Gasteiger partial charge in [-0.15, -0.1) is 12.4 Å². The molecule has 0 saturated heterocycles. The molecule has 4 nitrogen and oxygen atoms in total. The van der Waals surface area contributed by atoms with Crippen LogP contribution in [0.1, 0.15) is 13.3 Å². The van der Waals surface area contributed by atoms with Crippen LogP contribution in [-0.2, 0) is 10.0 Å². The largest absolute Gasteiger partial charge is 0.315 e. The fourth-order valence-electron chi connectivity index (χ4n) is 1.39. The second kappa shape index (κ2) is 9.15. The quantitative estimate of drug-likeness (QED) is 0.702. The Morgan fingerprint density at radius 2 is 1.95 bits per heavy atom. The first-order valence-electron chi connectivity index (χ1n) is 5.63. The van der Waals surface area contributed by atoms with E-state index in [0.29, 0.717) is 17.6 Å². The van der Waals surface area contributed by atoms with E-state index in [1.54, 1.807) is 18.2 Å². The van der Waals surface area contributed by atoms with E-state index in [9.17, 15) is 8.42 Å². The molecule has 0 saturated carbocycles. The molecule has 1 rings (SSSR count). The van der Waals surface area contributed by atoms with Crippen LogP contribution >= 0.6 is 39.9 Å². The van der Waals surface area contributed by atoms with Crippen molar-refractivity contribution >= 4 is 50.0 Å². The van der Waals surface area contributed by atoms with Gasteiger partial charge in [-0.2, -0.15) is 0 Å². The fourth-order valence-corrected chi connectivity index (χ4v) is 4.15. The van der Waals surface area contributed by atoms with Gasteiger partial charge in [0.1, 0.15) is 4.90 Å². The van der Waals surface area contributed by atoms with Crippen LogP contribution in [0, 0.1) is 0 Å². The van der Waals surface area contributed by atoms with Gasteiger partial charge in [0.2, 0.25) is 10.0 Å². The zero-order chi connectivity index (χ0) is 13.6. The van der Waals surface area contributed by atoms with E-state index in [2.05, 4.69) is 32.9 Å². The Morgan fingerprint density at radius 1 is 1.26 bits per heavy atom. The Labute approximate surface area is 133 Å². The minimum Gasteiger partial charge on any atom is -0.315 e. The average Bonchev–Trinajstić information content (AvgIpc) is 2.28. The lowest BCUT2D eigenvalue weighted by Crippen LogP contribution is -2.32. The summed E-state index contributed by atoms with van der Waals surface area (Å²) in [6, 6.07) is 4.89. The normalized spacial score (nSPS) is 11.1.